The first-order valence-corrected chi connectivity index (χ1v) is 8.17. The van der Waals surface area contributed by atoms with E-state index in [0.717, 1.165) is 26.2 Å². The van der Waals surface area contributed by atoms with Gasteiger partial charge in [0.05, 0.1) is 11.6 Å². The second kappa shape index (κ2) is 5.71. The second-order valence-electron chi connectivity index (χ2n) is 7.38. The van der Waals surface area contributed by atoms with Gasteiger partial charge in [-0.25, -0.2) is 0 Å². The fraction of sp³-hybridized carbons (Fsp3) is 0.667. The van der Waals surface area contributed by atoms with Crippen molar-refractivity contribution >= 4 is 0 Å². The first-order valence-electron chi connectivity index (χ1n) is 8.17. The Morgan fingerprint density at radius 3 is 2.67 bits per heavy atom. The summed E-state index contributed by atoms with van der Waals surface area (Å²) in [4.78, 5) is 2.62. The molecule has 1 aromatic rings. The van der Waals surface area contributed by atoms with Crippen molar-refractivity contribution in [3.63, 3.8) is 0 Å². The van der Waals surface area contributed by atoms with Crippen molar-refractivity contribution in [2.24, 2.45) is 0 Å². The normalized spacial score (nSPS) is 33.2. The summed E-state index contributed by atoms with van der Waals surface area (Å²) >= 11 is 0. The molecule has 1 N–H and O–H groups in total. The van der Waals surface area contributed by atoms with Crippen LogP contribution in [0.5, 0.6) is 0 Å². The minimum atomic E-state index is 0.0232. The van der Waals surface area contributed by atoms with Crippen molar-refractivity contribution in [1.82, 2.24) is 10.2 Å². The van der Waals surface area contributed by atoms with Gasteiger partial charge in [-0.3, -0.25) is 4.90 Å². The molecule has 116 valence electrons. The van der Waals surface area contributed by atoms with Crippen LogP contribution < -0.4 is 5.32 Å². The minimum Gasteiger partial charge on any atom is -0.377 e. The predicted octanol–water partition coefficient (Wildman–Crippen LogP) is 2.76. The number of hydrogen-bond donors (Lipinski definition) is 1. The third kappa shape index (κ3) is 3.15. The van der Waals surface area contributed by atoms with Crippen molar-refractivity contribution in [1.29, 1.82) is 0 Å². The van der Waals surface area contributed by atoms with E-state index in [2.05, 4.69) is 61.3 Å². The van der Waals surface area contributed by atoms with E-state index in [0.29, 0.717) is 6.10 Å². The first-order chi connectivity index (χ1) is 10.00. The summed E-state index contributed by atoms with van der Waals surface area (Å²) in [6, 6.07) is 10.8. The number of hydrogen-bond acceptors (Lipinski definition) is 3. The van der Waals surface area contributed by atoms with Gasteiger partial charge < -0.3 is 10.1 Å². The van der Waals surface area contributed by atoms with E-state index in [4.69, 9.17) is 4.74 Å². The van der Waals surface area contributed by atoms with Gasteiger partial charge in [0.2, 0.25) is 0 Å². The molecule has 21 heavy (non-hydrogen) atoms. The van der Waals surface area contributed by atoms with Gasteiger partial charge >= 0.3 is 0 Å². The van der Waals surface area contributed by atoms with E-state index in [1.54, 1.807) is 0 Å². The van der Waals surface area contributed by atoms with Crippen LogP contribution in [0.4, 0.5) is 0 Å². The Labute approximate surface area is 128 Å². The van der Waals surface area contributed by atoms with Crippen LogP contribution in [0.25, 0.3) is 0 Å². The minimum absolute atomic E-state index is 0.0232. The Morgan fingerprint density at radius 1 is 1.24 bits per heavy atom. The first kappa shape index (κ1) is 15.0. The van der Waals surface area contributed by atoms with Crippen LogP contribution in [-0.4, -0.2) is 42.8 Å². The maximum Gasteiger partial charge on any atom is 0.0703 e. The monoisotopic (exact) mass is 288 g/mol. The van der Waals surface area contributed by atoms with Gasteiger partial charge in [0.1, 0.15) is 0 Å². The molecule has 3 rings (SSSR count). The molecule has 0 amide bonds. The summed E-state index contributed by atoms with van der Waals surface area (Å²) in [5, 5.41) is 3.77. The third-order valence-electron chi connectivity index (χ3n) is 5.13. The molecular weight excluding hydrogens is 260 g/mol. The highest BCUT2D eigenvalue weighted by atomic mass is 16.5. The Bertz CT molecular complexity index is 467. The molecule has 2 saturated heterocycles. The number of piperazine rings is 1. The molecule has 0 aromatic heterocycles. The Kier molecular flexibility index (Phi) is 4.08. The van der Waals surface area contributed by atoms with E-state index in [1.807, 2.05) is 0 Å². The van der Waals surface area contributed by atoms with Gasteiger partial charge in [0, 0.05) is 31.8 Å². The lowest BCUT2D eigenvalue weighted by Crippen LogP contribution is -2.66. The van der Waals surface area contributed by atoms with Crippen molar-refractivity contribution in [2.45, 2.75) is 50.8 Å². The highest BCUT2D eigenvalue weighted by molar-refractivity contribution is 5.25. The highest BCUT2D eigenvalue weighted by Crippen LogP contribution is 2.31. The Balaban J connectivity index is 1.77. The van der Waals surface area contributed by atoms with Crippen LogP contribution in [-0.2, 0) is 10.3 Å². The fourth-order valence-corrected chi connectivity index (χ4v) is 3.52. The van der Waals surface area contributed by atoms with Crippen LogP contribution in [0.1, 0.15) is 39.2 Å². The van der Waals surface area contributed by atoms with Crippen molar-refractivity contribution in [3.05, 3.63) is 35.9 Å². The molecule has 0 radical (unpaired) electrons. The molecule has 2 fully saturated rings. The number of benzene rings is 1. The maximum atomic E-state index is 5.86. The summed E-state index contributed by atoms with van der Waals surface area (Å²) in [7, 11) is 0. The van der Waals surface area contributed by atoms with Crippen LogP contribution >= 0.6 is 0 Å². The Hall–Kier alpha value is -0.900. The van der Waals surface area contributed by atoms with Crippen LogP contribution in [0.15, 0.2) is 30.3 Å². The van der Waals surface area contributed by atoms with Crippen LogP contribution in [0.3, 0.4) is 0 Å². The van der Waals surface area contributed by atoms with Gasteiger partial charge in [0.25, 0.3) is 0 Å². The largest absolute Gasteiger partial charge is 0.377 e. The highest BCUT2D eigenvalue weighted by Gasteiger charge is 2.41. The second-order valence-corrected chi connectivity index (χ2v) is 7.38. The van der Waals surface area contributed by atoms with Gasteiger partial charge in [-0.2, -0.15) is 0 Å². The average molecular weight is 288 g/mol. The number of rotatable bonds is 3. The molecule has 2 atom stereocenters. The summed E-state index contributed by atoms with van der Waals surface area (Å²) in [6.07, 6.45) is 2.84. The molecule has 2 heterocycles. The molecule has 0 bridgehead atoms. The molecule has 3 nitrogen and oxygen atoms in total. The lowest BCUT2D eigenvalue weighted by Gasteiger charge is -2.51. The fourth-order valence-electron chi connectivity index (χ4n) is 3.52. The van der Waals surface area contributed by atoms with Gasteiger partial charge in [0.15, 0.2) is 0 Å². The zero-order chi connectivity index (χ0) is 14.9. The lowest BCUT2D eigenvalue weighted by molar-refractivity contribution is -0.0119. The standard InChI is InChI=1S/C18H28N2O/c1-17(2)13-19-18(3,15-8-5-4-6-9-15)14-20(17)12-16-10-7-11-21-16/h4-6,8-9,16,19H,7,10-14H2,1-3H3. The van der Waals surface area contributed by atoms with E-state index in [1.165, 1.54) is 18.4 Å². The van der Waals surface area contributed by atoms with Crippen molar-refractivity contribution < 1.29 is 4.74 Å². The Morgan fingerprint density at radius 2 is 2.00 bits per heavy atom. The van der Waals surface area contributed by atoms with E-state index in [-0.39, 0.29) is 11.1 Å². The number of ether oxygens (including phenoxy) is 1. The summed E-state index contributed by atoms with van der Waals surface area (Å²) in [6.45, 7) is 11.0. The summed E-state index contributed by atoms with van der Waals surface area (Å²) in [5.41, 5.74) is 1.58. The summed E-state index contributed by atoms with van der Waals surface area (Å²) in [5.74, 6) is 0. The quantitative estimate of drug-likeness (QED) is 0.925. The van der Waals surface area contributed by atoms with E-state index < -0.39 is 0 Å². The number of nitrogens with zero attached hydrogens (tertiary/aromatic N) is 1. The van der Waals surface area contributed by atoms with Gasteiger partial charge in [-0.15, -0.1) is 0 Å². The van der Waals surface area contributed by atoms with Crippen molar-refractivity contribution in [3.8, 4) is 0 Å². The molecule has 2 aliphatic heterocycles. The summed E-state index contributed by atoms with van der Waals surface area (Å²) < 4.78 is 5.86. The van der Waals surface area contributed by atoms with Gasteiger partial charge in [-0.05, 0) is 39.2 Å². The predicted molar refractivity (Wildman–Crippen MR) is 86.4 cm³/mol. The van der Waals surface area contributed by atoms with Crippen molar-refractivity contribution in [2.75, 3.05) is 26.2 Å². The molecule has 0 aliphatic carbocycles. The number of nitrogens with one attached hydrogen (secondary N) is 1. The van der Waals surface area contributed by atoms with E-state index in [9.17, 15) is 0 Å². The topological polar surface area (TPSA) is 24.5 Å². The lowest BCUT2D eigenvalue weighted by atomic mass is 9.84. The average Bonchev–Trinajstić information content (AvgIpc) is 2.98. The molecule has 2 aliphatic rings. The SMILES string of the molecule is CC1(c2ccccc2)CN(CC2CCCO2)C(C)(C)CN1. The smallest absolute Gasteiger partial charge is 0.0703 e. The van der Waals surface area contributed by atoms with Crippen LogP contribution in [0.2, 0.25) is 0 Å². The molecule has 1 aromatic carbocycles. The molecule has 3 heteroatoms. The molecular formula is C18H28N2O. The third-order valence-corrected chi connectivity index (χ3v) is 5.13. The van der Waals surface area contributed by atoms with E-state index >= 15 is 0 Å². The maximum absolute atomic E-state index is 5.86. The zero-order valence-corrected chi connectivity index (χ0v) is 13.6. The molecule has 0 spiro atoms. The zero-order valence-electron chi connectivity index (χ0n) is 13.6. The molecule has 2 unspecified atom stereocenters. The molecule has 0 saturated carbocycles. The van der Waals surface area contributed by atoms with Crippen LogP contribution in [0, 0.1) is 0 Å². The van der Waals surface area contributed by atoms with Gasteiger partial charge in [-0.1, -0.05) is 30.3 Å².